The minimum Gasteiger partial charge on any atom is -0.497 e. The van der Waals surface area contributed by atoms with Crippen molar-refractivity contribution in [2.45, 2.75) is 0 Å². The summed E-state index contributed by atoms with van der Waals surface area (Å²) in [6.07, 6.45) is 0. The molecule has 1 rings (SSSR count). The van der Waals surface area contributed by atoms with E-state index in [1.807, 2.05) is 24.3 Å². The molecule has 0 aliphatic heterocycles. The van der Waals surface area contributed by atoms with Crippen LogP contribution in [0.1, 0.15) is 0 Å². The Kier molecular flexibility index (Phi) is 4.08. The Morgan fingerprint density at radius 3 is 1.86 bits per heavy atom. The van der Waals surface area contributed by atoms with Gasteiger partial charge in [0, 0.05) is 19.5 Å². The number of methoxy groups -OCH3 is 1. The van der Waals surface area contributed by atoms with Crippen LogP contribution >= 0.6 is 6.49 Å². The van der Waals surface area contributed by atoms with Crippen molar-refractivity contribution >= 4 is 23.6 Å². The largest absolute Gasteiger partial charge is 0.497 e. The molecule has 1 aromatic carbocycles. The smallest absolute Gasteiger partial charge is 0.218 e. The van der Waals surface area contributed by atoms with Crippen LogP contribution in [0.2, 0.25) is 0 Å². The molecule has 0 saturated carbocycles. The summed E-state index contributed by atoms with van der Waals surface area (Å²) in [5.74, 6) is 0.794. The lowest BCUT2D eigenvalue weighted by molar-refractivity contribution is 0.347. The van der Waals surface area contributed by atoms with E-state index in [4.69, 9.17) is 25.6 Å². The number of rotatable bonds is 4. The molecule has 0 amide bonds. The summed E-state index contributed by atoms with van der Waals surface area (Å²) >= 11 is 5.28. The second-order valence-electron chi connectivity index (χ2n) is 2.56. The van der Waals surface area contributed by atoms with Crippen molar-refractivity contribution < 1.29 is 13.8 Å². The summed E-state index contributed by atoms with van der Waals surface area (Å²) < 4.78 is 15.5. The first-order valence-electron chi connectivity index (χ1n) is 4.02. The molecule has 0 aliphatic carbocycles. The first-order valence-corrected chi connectivity index (χ1v) is 6.66. The third-order valence-corrected chi connectivity index (χ3v) is 5.29. The summed E-state index contributed by atoms with van der Waals surface area (Å²) in [5, 5.41) is 0.887. The summed E-state index contributed by atoms with van der Waals surface area (Å²) in [6, 6.07) is 7.42. The van der Waals surface area contributed by atoms with Crippen LogP contribution in [0.4, 0.5) is 0 Å². The van der Waals surface area contributed by atoms with Crippen LogP contribution in [0.25, 0.3) is 0 Å². The first-order chi connectivity index (χ1) is 6.66. The van der Waals surface area contributed by atoms with Gasteiger partial charge < -0.3 is 13.8 Å². The van der Waals surface area contributed by atoms with E-state index in [1.54, 1.807) is 21.3 Å². The molecule has 1 aromatic rings. The number of hydrogen-bond acceptors (Lipinski definition) is 4. The van der Waals surface area contributed by atoms with Gasteiger partial charge in [-0.3, -0.25) is 0 Å². The Hall–Kier alpha value is -0.410. The lowest BCUT2D eigenvalue weighted by Crippen LogP contribution is -2.06. The third-order valence-electron chi connectivity index (χ3n) is 1.87. The van der Waals surface area contributed by atoms with Gasteiger partial charge in [0.2, 0.25) is 6.49 Å². The summed E-state index contributed by atoms with van der Waals surface area (Å²) in [5.41, 5.74) is 0. The van der Waals surface area contributed by atoms with Gasteiger partial charge in [-0.25, -0.2) is 0 Å². The van der Waals surface area contributed by atoms with Crippen LogP contribution in [0, 0.1) is 0 Å². The standard InChI is InChI=1S/C9H13O3PS/c1-10-8-4-6-9(7-5-8)13(14,11-2)12-3/h4-7H,1-3H3. The molecular weight excluding hydrogens is 219 g/mol. The van der Waals surface area contributed by atoms with Gasteiger partial charge in [-0.1, -0.05) is 0 Å². The third kappa shape index (κ3) is 2.34. The van der Waals surface area contributed by atoms with Gasteiger partial charge in [0.25, 0.3) is 0 Å². The van der Waals surface area contributed by atoms with Crippen LogP contribution in [-0.4, -0.2) is 21.3 Å². The molecule has 0 fully saturated rings. The van der Waals surface area contributed by atoms with E-state index < -0.39 is 6.49 Å². The number of ether oxygens (including phenoxy) is 1. The maximum atomic E-state index is 5.28. The molecule has 14 heavy (non-hydrogen) atoms. The zero-order chi connectivity index (χ0) is 10.6. The highest BCUT2D eigenvalue weighted by Gasteiger charge is 2.17. The van der Waals surface area contributed by atoms with Gasteiger partial charge in [0.1, 0.15) is 5.75 Å². The highest BCUT2D eigenvalue weighted by atomic mass is 32.5. The predicted molar refractivity (Wildman–Crippen MR) is 60.9 cm³/mol. The molecule has 0 radical (unpaired) electrons. The molecule has 0 spiro atoms. The van der Waals surface area contributed by atoms with E-state index >= 15 is 0 Å². The Morgan fingerprint density at radius 2 is 1.50 bits per heavy atom. The summed E-state index contributed by atoms with van der Waals surface area (Å²) in [6.45, 7) is -2.29. The molecule has 0 saturated heterocycles. The zero-order valence-electron chi connectivity index (χ0n) is 8.39. The molecule has 0 unspecified atom stereocenters. The average molecular weight is 232 g/mol. The molecule has 78 valence electrons. The van der Waals surface area contributed by atoms with Crippen LogP contribution in [0.5, 0.6) is 5.75 Å². The van der Waals surface area contributed by atoms with Crippen molar-refractivity contribution in [2.75, 3.05) is 21.3 Å². The molecule has 0 aromatic heterocycles. The van der Waals surface area contributed by atoms with Crippen molar-refractivity contribution in [1.82, 2.24) is 0 Å². The Morgan fingerprint density at radius 1 is 1.00 bits per heavy atom. The molecule has 0 bridgehead atoms. The normalized spacial score (nSPS) is 11.4. The van der Waals surface area contributed by atoms with Gasteiger partial charge in [0.15, 0.2) is 0 Å². The highest BCUT2D eigenvalue weighted by Crippen LogP contribution is 2.45. The molecule has 3 nitrogen and oxygen atoms in total. The van der Waals surface area contributed by atoms with E-state index in [0.717, 1.165) is 11.1 Å². The van der Waals surface area contributed by atoms with Gasteiger partial charge >= 0.3 is 0 Å². The maximum absolute atomic E-state index is 5.28. The first kappa shape index (κ1) is 11.7. The highest BCUT2D eigenvalue weighted by molar-refractivity contribution is 8.13. The predicted octanol–water partition coefficient (Wildman–Crippen LogP) is 1.92. The molecular formula is C9H13O3PS. The molecule has 0 N–H and O–H groups in total. The minimum atomic E-state index is -2.29. The quantitative estimate of drug-likeness (QED) is 0.741. The summed E-state index contributed by atoms with van der Waals surface area (Å²) in [7, 11) is 4.75. The lowest BCUT2D eigenvalue weighted by Gasteiger charge is -2.17. The maximum Gasteiger partial charge on any atom is 0.218 e. The Bertz CT molecular complexity index is 328. The number of benzene rings is 1. The van der Waals surface area contributed by atoms with E-state index in [1.165, 1.54) is 0 Å². The van der Waals surface area contributed by atoms with Crippen molar-refractivity contribution in [3.63, 3.8) is 0 Å². The van der Waals surface area contributed by atoms with Gasteiger partial charge in [-0.15, -0.1) is 0 Å². The van der Waals surface area contributed by atoms with Crippen molar-refractivity contribution in [1.29, 1.82) is 0 Å². The SMILES string of the molecule is COc1ccc(P(=S)(OC)OC)cc1. The molecule has 5 heteroatoms. The van der Waals surface area contributed by atoms with E-state index in [-0.39, 0.29) is 0 Å². The van der Waals surface area contributed by atoms with Crippen LogP contribution in [0.15, 0.2) is 24.3 Å². The Labute approximate surface area is 89.2 Å². The molecule has 0 atom stereocenters. The van der Waals surface area contributed by atoms with E-state index in [2.05, 4.69) is 0 Å². The van der Waals surface area contributed by atoms with Gasteiger partial charge in [-0.2, -0.15) is 0 Å². The second-order valence-corrected chi connectivity index (χ2v) is 6.24. The zero-order valence-corrected chi connectivity index (χ0v) is 10.1. The van der Waals surface area contributed by atoms with E-state index in [9.17, 15) is 0 Å². The molecule has 0 aliphatic rings. The monoisotopic (exact) mass is 232 g/mol. The average Bonchev–Trinajstić information content (AvgIpc) is 2.28. The fourth-order valence-corrected chi connectivity index (χ4v) is 2.50. The van der Waals surface area contributed by atoms with Crippen molar-refractivity contribution in [3.05, 3.63) is 24.3 Å². The fourth-order valence-electron chi connectivity index (χ4n) is 1.05. The number of hydrogen-bond donors (Lipinski definition) is 0. The second kappa shape index (κ2) is 4.89. The van der Waals surface area contributed by atoms with Gasteiger partial charge in [0.05, 0.1) is 7.11 Å². The van der Waals surface area contributed by atoms with Crippen LogP contribution in [-0.2, 0) is 20.9 Å². The fraction of sp³-hybridized carbons (Fsp3) is 0.333. The van der Waals surface area contributed by atoms with Crippen LogP contribution in [0.3, 0.4) is 0 Å². The lowest BCUT2D eigenvalue weighted by atomic mass is 10.3. The Balaban J connectivity index is 3.01. The van der Waals surface area contributed by atoms with Crippen molar-refractivity contribution in [2.24, 2.45) is 0 Å². The summed E-state index contributed by atoms with van der Waals surface area (Å²) in [4.78, 5) is 0. The van der Waals surface area contributed by atoms with Gasteiger partial charge in [-0.05, 0) is 36.1 Å². The van der Waals surface area contributed by atoms with E-state index in [0.29, 0.717) is 0 Å². The van der Waals surface area contributed by atoms with Crippen molar-refractivity contribution in [3.8, 4) is 5.75 Å². The topological polar surface area (TPSA) is 27.7 Å². The minimum absolute atomic E-state index is 0.794. The van der Waals surface area contributed by atoms with Crippen LogP contribution < -0.4 is 10.0 Å². The molecule has 0 heterocycles.